The molecule has 1 aromatic carbocycles. The van der Waals surface area contributed by atoms with Crippen molar-refractivity contribution in [1.29, 1.82) is 0 Å². The van der Waals surface area contributed by atoms with Crippen molar-refractivity contribution in [3.8, 4) is 0 Å². The van der Waals surface area contributed by atoms with Gasteiger partial charge in [0.2, 0.25) is 0 Å². The Morgan fingerprint density at radius 2 is 1.90 bits per heavy atom. The van der Waals surface area contributed by atoms with E-state index < -0.39 is 0 Å². The quantitative estimate of drug-likeness (QED) is 0.869. The molecule has 0 spiro atoms. The Bertz CT molecular complexity index is 439. The highest BCUT2D eigenvalue weighted by Crippen LogP contribution is 2.33. The standard InChI is InChI=1S/C17H28N4/c1-20-12-15(11-18)10-17(20)16-4-2-14(3-5-16)13-21-8-6-19-7-9-21/h2-5,15,17,19H,6-13,18H2,1H3. The molecular weight excluding hydrogens is 260 g/mol. The molecule has 21 heavy (non-hydrogen) atoms. The summed E-state index contributed by atoms with van der Waals surface area (Å²) in [5, 5.41) is 3.40. The van der Waals surface area contributed by atoms with Crippen LogP contribution < -0.4 is 11.1 Å². The zero-order valence-corrected chi connectivity index (χ0v) is 13.1. The van der Waals surface area contributed by atoms with Crippen molar-refractivity contribution in [3.05, 3.63) is 35.4 Å². The molecule has 4 heteroatoms. The number of benzene rings is 1. The molecule has 2 atom stereocenters. The van der Waals surface area contributed by atoms with Crippen LogP contribution >= 0.6 is 0 Å². The number of piperazine rings is 1. The van der Waals surface area contributed by atoms with E-state index in [0.717, 1.165) is 45.8 Å². The Hall–Kier alpha value is -0.940. The van der Waals surface area contributed by atoms with Crippen LogP contribution in [0.1, 0.15) is 23.6 Å². The number of nitrogens with one attached hydrogen (secondary N) is 1. The lowest BCUT2D eigenvalue weighted by molar-refractivity contribution is 0.233. The summed E-state index contributed by atoms with van der Waals surface area (Å²) in [7, 11) is 2.22. The molecule has 2 heterocycles. The van der Waals surface area contributed by atoms with Crippen LogP contribution in [0, 0.1) is 5.92 Å². The summed E-state index contributed by atoms with van der Waals surface area (Å²) in [6, 6.07) is 9.80. The van der Waals surface area contributed by atoms with E-state index in [1.807, 2.05) is 0 Å². The third-order valence-corrected chi connectivity index (χ3v) is 4.95. The smallest absolute Gasteiger partial charge is 0.0348 e. The van der Waals surface area contributed by atoms with Crippen molar-refractivity contribution in [1.82, 2.24) is 15.1 Å². The zero-order valence-electron chi connectivity index (χ0n) is 13.1. The van der Waals surface area contributed by atoms with Crippen molar-refractivity contribution in [3.63, 3.8) is 0 Å². The summed E-state index contributed by atoms with van der Waals surface area (Å²) in [5.41, 5.74) is 8.70. The third-order valence-electron chi connectivity index (χ3n) is 4.95. The first-order valence-corrected chi connectivity index (χ1v) is 8.18. The van der Waals surface area contributed by atoms with Crippen LogP contribution in [0.5, 0.6) is 0 Å². The van der Waals surface area contributed by atoms with Crippen molar-refractivity contribution in [2.75, 3.05) is 46.3 Å². The minimum Gasteiger partial charge on any atom is -0.330 e. The van der Waals surface area contributed by atoms with Crippen LogP contribution in [0.2, 0.25) is 0 Å². The Balaban J connectivity index is 1.61. The SMILES string of the molecule is CN1CC(CN)CC1c1ccc(CN2CCNCC2)cc1. The first-order chi connectivity index (χ1) is 10.3. The summed E-state index contributed by atoms with van der Waals surface area (Å²) in [6.07, 6.45) is 1.20. The van der Waals surface area contributed by atoms with Gasteiger partial charge in [-0.2, -0.15) is 0 Å². The van der Waals surface area contributed by atoms with Crippen LogP contribution in [0.3, 0.4) is 0 Å². The van der Waals surface area contributed by atoms with E-state index in [1.165, 1.54) is 17.5 Å². The third kappa shape index (κ3) is 3.64. The first-order valence-electron chi connectivity index (χ1n) is 8.18. The van der Waals surface area contributed by atoms with Gasteiger partial charge in [-0.1, -0.05) is 24.3 Å². The summed E-state index contributed by atoms with van der Waals surface area (Å²) >= 11 is 0. The maximum absolute atomic E-state index is 5.83. The molecule has 116 valence electrons. The lowest BCUT2D eigenvalue weighted by Crippen LogP contribution is -2.42. The molecule has 0 radical (unpaired) electrons. The molecule has 0 saturated carbocycles. The first kappa shape index (κ1) is 15.0. The van der Waals surface area contributed by atoms with E-state index in [-0.39, 0.29) is 0 Å². The summed E-state index contributed by atoms with van der Waals surface area (Å²) in [5.74, 6) is 0.653. The Morgan fingerprint density at radius 1 is 1.19 bits per heavy atom. The van der Waals surface area contributed by atoms with Gasteiger partial charge < -0.3 is 11.1 Å². The van der Waals surface area contributed by atoms with Gasteiger partial charge in [-0.3, -0.25) is 9.80 Å². The topological polar surface area (TPSA) is 44.5 Å². The average molecular weight is 288 g/mol. The molecule has 1 aromatic rings. The predicted molar refractivity (Wildman–Crippen MR) is 87.1 cm³/mol. The fraction of sp³-hybridized carbons (Fsp3) is 0.647. The highest BCUT2D eigenvalue weighted by atomic mass is 15.2. The monoisotopic (exact) mass is 288 g/mol. The predicted octanol–water partition coefficient (Wildman–Crippen LogP) is 1.04. The van der Waals surface area contributed by atoms with E-state index >= 15 is 0 Å². The van der Waals surface area contributed by atoms with Gasteiger partial charge >= 0.3 is 0 Å². The molecule has 0 aromatic heterocycles. The van der Waals surface area contributed by atoms with Crippen molar-refractivity contribution in [2.45, 2.75) is 19.0 Å². The van der Waals surface area contributed by atoms with E-state index in [2.05, 4.69) is 46.4 Å². The number of likely N-dealkylation sites (tertiary alicyclic amines) is 1. The van der Waals surface area contributed by atoms with Crippen molar-refractivity contribution < 1.29 is 0 Å². The van der Waals surface area contributed by atoms with Gasteiger partial charge in [0.05, 0.1) is 0 Å². The highest BCUT2D eigenvalue weighted by molar-refractivity contribution is 5.26. The van der Waals surface area contributed by atoms with Crippen LogP contribution in [0.4, 0.5) is 0 Å². The maximum Gasteiger partial charge on any atom is 0.0348 e. The molecule has 0 aliphatic carbocycles. The lowest BCUT2D eigenvalue weighted by atomic mass is 9.99. The van der Waals surface area contributed by atoms with E-state index in [9.17, 15) is 0 Å². The average Bonchev–Trinajstić information content (AvgIpc) is 2.90. The molecule has 3 N–H and O–H groups in total. The fourth-order valence-corrected chi connectivity index (χ4v) is 3.64. The van der Waals surface area contributed by atoms with Crippen molar-refractivity contribution in [2.24, 2.45) is 11.7 Å². The molecule has 0 amide bonds. The number of rotatable bonds is 4. The second-order valence-corrected chi connectivity index (χ2v) is 6.56. The normalized spacial score (nSPS) is 28.1. The molecule has 3 rings (SSSR count). The van der Waals surface area contributed by atoms with Crippen LogP contribution in [-0.2, 0) is 6.54 Å². The van der Waals surface area contributed by atoms with Gasteiger partial charge in [0, 0.05) is 45.3 Å². The van der Waals surface area contributed by atoms with Crippen LogP contribution in [0.15, 0.2) is 24.3 Å². The molecule has 2 fully saturated rings. The lowest BCUT2D eigenvalue weighted by Gasteiger charge is -2.27. The van der Waals surface area contributed by atoms with Crippen molar-refractivity contribution >= 4 is 0 Å². The van der Waals surface area contributed by atoms with Crippen LogP contribution in [-0.4, -0.2) is 56.1 Å². The van der Waals surface area contributed by atoms with Crippen LogP contribution in [0.25, 0.3) is 0 Å². The maximum atomic E-state index is 5.83. The zero-order chi connectivity index (χ0) is 14.7. The Kier molecular flexibility index (Phi) is 4.91. The Labute approximate surface area is 128 Å². The highest BCUT2D eigenvalue weighted by Gasteiger charge is 2.29. The fourth-order valence-electron chi connectivity index (χ4n) is 3.64. The number of nitrogens with two attached hydrogens (primary N) is 1. The molecule has 2 aliphatic rings. The molecule has 0 bridgehead atoms. The van der Waals surface area contributed by atoms with Gasteiger partial charge in [-0.05, 0) is 37.1 Å². The van der Waals surface area contributed by atoms with E-state index in [4.69, 9.17) is 5.73 Å². The second kappa shape index (κ2) is 6.88. The molecular formula is C17H28N4. The van der Waals surface area contributed by atoms with Gasteiger partial charge in [0.15, 0.2) is 0 Å². The summed E-state index contributed by atoms with van der Waals surface area (Å²) < 4.78 is 0. The van der Waals surface area contributed by atoms with Gasteiger partial charge in [-0.25, -0.2) is 0 Å². The van der Waals surface area contributed by atoms with E-state index in [1.54, 1.807) is 0 Å². The van der Waals surface area contributed by atoms with Gasteiger partial charge in [0.1, 0.15) is 0 Å². The minimum absolute atomic E-state index is 0.548. The molecule has 4 nitrogen and oxygen atoms in total. The van der Waals surface area contributed by atoms with Gasteiger partial charge in [-0.15, -0.1) is 0 Å². The number of hydrogen-bond donors (Lipinski definition) is 2. The number of hydrogen-bond acceptors (Lipinski definition) is 4. The summed E-state index contributed by atoms with van der Waals surface area (Å²) in [4.78, 5) is 4.97. The summed E-state index contributed by atoms with van der Waals surface area (Å²) in [6.45, 7) is 7.56. The van der Waals surface area contributed by atoms with Gasteiger partial charge in [0.25, 0.3) is 0 Å². The minimum atomic E-state index is 0.548. The largest absolute Gasteiger partial charge is 0.330 e. The molecule has 2 aliphatic heterocycles. The second-order valence-electron chi connectivity index (χ2n) is 6.56. The number of nitrogens with zero attached hydrogens (tertiary/aromatic N) is 2. The molecule has 2 saturated heterocycles. The van der Waals surface area contributed by atoms with E-state index in [0.29, 0.717) is 12.0 Å². The Morgan fingerprint density at radius 3 is 2.52 bits per heavy atom. The molecule has 2 unspecified atom stereocenters.